The summed E-state index contributed by atoms with van der Waals surface area (Å²) in [7, 11) is 1.48. The lowest BCUT2D eigenvalue weighted by Gasteiger charge is -2.12. The summed E-state index contributed by atoms with van der Waals surface area (Å²) in [6.07, 6.45) is 4.68. The van der Waals surface area contributed by atoms with Gasteiger partial charge in [0, 0.05) is 19.0 Å². The Balaban J connectivity index is 1.69. The summed E-state index contributed by atoms with van der Waals surface area (Å²) in [6.45, 7) is 1.77. The second-order valence-corrected chi connectivity index (χ2v) is 6.85. The van der Waals surface area contributed by atoms with Gasteiger partial charge in [-0.05, 0) is 32.6 Å². The van der Waals surface area contributed by atoms with Crippen LogP contribution >= 0.6 is 11.8 Å². The minimum absolute atomic E-state index is 0.322. The molecule has 0 radical (unpaired) electrons. The normalized spacial score (nSPS) is 19.1. The minimum atomic E-state index is -0.491. The molecule has 21 heavy (non-hydrogen) atoms. The molecule has 0 aliphatic heterocycles. The molecule has 2 aliphatic rings. The van der Waals surface area contributed by atoms with Gasteiger partial charge in [-0.15, -0.1) is 10.2 Å². The maximum absolute atomic E-state index is 11.9. The fourth-order valence-corrected chi connectivity index (χ4v) is 3.08. The van der Waals surface area contributed by atoms with Crippen LogP contribution in [-0.2, 0) is 4.79 Å². The molecule has 0 spiro atoms. The third-order valence-electron chi connectivity index (χ3n) is 3.66. The molecule has 3 amide bonds. The Kier molecular flexibility index (Phi) is 3.88. The van der Waals surface area contributed by atoms with Crippen LogP contribution in [0, 0.1) is 0 Å². The molecule has 2 saturated carbocycles. The zero-order valence-electron chi connectivity index (χ0n) is 12.1. The topological polar surface area (TPSA) is 88.9 Å². The van der Waals surface area contributed by atoms with Crippen molar-refractivity contribution in [3.8, 4) is 0 Å². The van der Waals surface area contributed by atoms with Crippen LogP contribution < -0.4 is 10.6 Å². The van der Waals surface area contributed by atoms with Crippen molar-refractivity contribution in [2.75, 3.05) is 7.05 Å². The molecule has 1 aromatic heterocycles. The van der Waals surface area contributed by atoms with Crippen molar-refractivity contribution in [2.45, 2.75) is 55.0 Å². The van der Waals surface area contributed by atoms with Gasteiger partial charge in [-0.25, -0.2) is 4.79 Å². The van der Waals surface area contributed by atoms with Crippen molar-refractivity contribution in [3.63, 3.8) is 0 Å². The standard InChI is InChI=1S/C13H19N5O2S/c1-7(11(19)15-12(20)14-2)21-13-17-16-10(8-3-4-8)18(13)9-5-6-9/h7-9H,3-6H2,1-2H3,(H2,14,15,19,20)/t7-/m1/s1. The van der Waals surface area contributed by atoms with Crippen LogP contribution in [0.2, 0.25) is 0 Å². The van der Waals surface area contributed by atoms with Gasteiger partial charge in [-0.1, -0.05) is 11.8 Å². The molecular weight excluding hydrogens is 290 g/mol. The first kappa shape index (κ1) is 14.4. The van der Waals surface area contributed by atoms with Crippen molar-refractivity contribution in [3.05, 3.63) is 5.82 Å². The lowest BCUT2D eigenvalue weighted by Crippen LogP contribution is -2.41. The fraction of sp³-hybridized carbons (Fsp3) is 0.692. The first-order valence-electron chi connectivity index (χ1n) is 7.24. The van der Waals surface area contributed by atoms with Crippen LogP contribution in [-0.4, -0.2) is 39.0 Å². The SMILES string of the molecule is CNC(=O)NC(=O)[C@@H](C)Sc1nnc(C2CC2)n1C1CC1. The maximum Gasteiger partial charge on any atom is 0.321 e. The third-order valence-corrected chi connectivity index (χ3v) is 4.72. The van der Waals surface area contributed by atoms with E-state index in [2.05, 4.69) is 25.4 Å². The van der Waals surface area contributed by atoms with Crippen LogP contribution in [0.4, 0.5) is 4.79 Å². The van der Waals surface area contributed by atoms with Gasteiger partial charge in [0.1, 0.15) is 5.82 Å². The van der Waals surface area contributed by atoms with E-state index in [4.69, 9.17) is 0 Å². The van der Waals surface area contributed by atoms with Gasteiger partial charge < -0.3 is 9.88 Å². The average Bonchev–Trinajstić information content (AvgIpc) is 3.37. The molecule has 7 nitrogen and oxygen atoms in total. The summed E-state index contributed by atoms with van der Waals surface area (Å²) < 4.78 is 2.20. The average molecular weight is 309 g/mol. The van der Waals surface area contributed by atoms with E-state index in [1.54, 1.807) is 6.92 Å². The van der Waals surface area contributed by atoms with Gasteiger partial charge in [0.2, 0.25) is 5.91 Å². The van der Waals surface area contributed by atoms with Crippen molar-refractivity contribution < 1.29 is 9.59 Å². The maximum atomic E-state index is 11.9. The van der Waals surface area contributed by atoms with Crippen molar-refractivity contribution in [1.82, 2.24) is 25.4 Å². The molecule has 2 N–H and O–H groups in total. The van der Waals surface area contributed by atoms with E-state index in [1.807, 2.05) is 0 Å². The van der Waals surface area contributed by atoms with Gasteiger partial charge in [0.25, 0.3) is 0 Å². The van der Waals surface area contributed by atoms with Crippen LogP contribution in [0.15, 0.2) is 5.16 Å². The Hall–Kier alpha value is -1.57. The summed E-state index contributed by atoms with van der Waals surface area (Å²) in [4.78, 5) is 23.1. The van der Waals surface area contributed by atoms with Crippen LogP contribution in [0.1, 0.15) is 50.4 Å². The van der Waals surface area contributed by atoms with E-state index in [9.17, 15) is 9.59 Å². The summed E-state index contributed by atoms with van der Waals surface area (Å²) in [5, 5.41) is 13.6. The summed E-state index contributed by atoms with van der Waals surface area (Å²) in [5.74, 6) is 1.29. The summed E-state index contributed by atoms with van der Waals surface area (Å²) in [5.41, 5.74) is 0. The molecule has 114 valence electrons. The molecule has 0 bridgehead atoms. The molecule has 0 unspecified atom stereocenters. The van der Waals surface area contributed by atoms with E-state index in [0.717, 1.165) is 23.8 Å². The first-order chi connectivity index (χ1) is 10.1. The number of rotatable bonds is 5. The van der Waals surface area contributed by atoms with Crippen LogP contribution in [0.5, 0.6) is 0 Å². The van der Waals surface area contributed by atoms with Gasteiger partial charge in [0.15, 0.2) is 5.16 Å². The molecule has 8 heteroatoms. The van der Waals surface area contributed by atoms with E-state index in [0.29, 0.717) is 12.0 Å². The second-order valence-electron chi connectivity index (χ2n) is 5.54. The number of nitrogens with one attached hydrogen (secondary N) is 2. The predicted octanol–water partition coefficient (Wildman–Crippen LogP) is 1.43. The van der Waals surface area contributed by atoms with Gasteiger partial charge >= 0.3 is 6.03 Å². The monoisotopic (exact) mass is 309 g/mol. The van der Waals surface area contributed by atoms with E-state index in [-0.39, 0.29) is 5.91 Å². The van der Waals surface area contributed by atoms with Gasteiger partial charge in [-0.3, -0.25) is 10.1 Å². The van der Waals surface area contributed by atoms with E-state index < -0.39 is 11.3 Å². The van der Waals surface area contributed by atoms with E-state index in [1.165, 1.54) is 31.7 Å². The number of carbonyl (C=O) groups excluding carboxylic acids is 2. The van der Waals surface area contributed by atoms with Crippen LogP contribution in [0.25, 0.3) is 0 Å². The highest BCUT2D eigenvalue weighted by Crippen LogP contribution is 2.46. The Bertz CT molecular complexity index is 565. The molecule has 2 fully saturated rings. The third kappa shape index (κ3) is 3.20. The molecule has 1 aromatic rings. The quantitative estimate of drug-likeness (QED) is 0.803. The Morgan fingerprint density at radius 1 is 1.29 bits per heavy atom. The summed E-state index contributed by atoms with van der Waals surface area (Å²) >= 11 is 1.36. The Labute approximate surface area is 127 Å². The lowest BCUT2D eigenvalue weighted by molar-refractivity contribution is -0.119. The first-order valence-corrected chi connectivity index (χ1v) is 8.12. The number of imide groups is 1. The number of hydrogen-bond donors (Lipinski definition) is 2. The minimum Gasteiger partial charge on any atom is -0.341 e. The van der Waals surface area contributed by atoms with E-state index >= 15 is 0 Å². The molecule has 1 atom stereocenters. The molecule has 0 saturated heterocycles. The number of nitrogens with zero attached hydrogens (tertiary/aromatic N) is 3. The fourth-order valence-electron chi connectivity index (χ4n) is 2.15. The Morgan fingerprint density at radius 2 is 2.00 bits per heavy atom. The van der Waals surface area contributed by atoms with Gasteiger partial charge in [-0.2, -0.15) is 0 Å². The molecule has 2 aliphatic carbocycles. The highest BCUT2D eigenvalue weighted by atomic mass is 32.2. The van der Waals surface area contributed by atoms with Crippen molar-refractivity contribution in [1.29, 1.82) is 0 Å². The second kappa shape index (κ2) is 5.67. The molecular formula is C13H19N5O2S. The molecule has 1 heterocycles. The van der Waals surface area contributed by atoms with Crippen LogP contribution in [0.3, 0.4) is 0 Å². The number of carbonyl (C=O) groups is 2. The number of hydrogen-bond acceptors (Lipinski definition) is 5. The number of amides is 3. The largest absolute Gasteiger partial charge is 0.341 e. The molecule has 0 aromatic carbocycles. The predicted molar refractivity (Wildman–Crippen MR) is 78.2 cm³/mol. The number of thioether (sulfide) groups is 1. The van der Waals surface area contributed by atoms with Crippen molar-refractivity contribution >= 4 is 23.7 Å². The highest BCUT2D eigenvalue weighted by Gasteiger charge is 2.37. The lowest BCUT2D eigenvalue weighted by atomic mass is 10.4. The van der Waals surface area contributed by atoms with Gasteiger partial charge in [0.05, 0.1) is 5.25 Å². The smallest absolute Gasteiger partial charge is 0.321 e. The molecule has 3 rings (SSSR count). The zero-order valence-corrected chi connectivity index (χ0v) is 12.9. The highest BCUT2D eigenvalue weighted by molar-refractivity contribution is 8.00. The number of urea groups is 1. The van der Waals surface area contributed by atoms with Crippen molar-refractivity contribution in [2.24, 2.45) is 0 Å². The summed E-state index contributed by atoms with van der Waals surface area (Å²) in [6, 6.07) is 0.00193. The number of aromatic nitrogens is 3. The Morgan fingerprint density at radius 3 is 2.57 bits per heavy atom. The zero-order chi connectivity index (χ0) is 15.0.